The minimum absolute atomic E-state index is 0.534. The second-order valence-electron chi connectivity index (χ2n) is 5.61. The van der Waals surface area contributed by atoms with Crippen molar-refractivity contribution < 1.29 is 0 Å². The van der Waals surface area contributed by atoms with Gasteiger partial charge in [0.05, 0.1) is 5.39 Å². The molecule has 0 radical (unpaired) electrons. The molecule has 0 saturated carbocycles. The van der Waals surface area contributed by atoms with Crippen LogP contribution >= 0.6 is 11.3 Å². The molecule has 6 heteroatoms. The molecule has 1 saturated heterocycles. The molecule has 0 aromatic carbocycles. The lowest BCUT2D eigenvalue weighted by Gasteiger charge is -2.32. The molecule has 1 aliphatic heterocycles. The standard InChI is InChI=1S/C15H23N5S/c1-11(20-7-4-3-5-8-20)10-17-13-12-6-9-21-14(12)19-15(16-2)18-13/h6,9,11H,3-5,7-8,10H2,1-2H3,(H2,16,17,18,19). The minimum Gasteiger partial charge on any atom is -0.368 e. The molecule has 2 N–H and O–H groups in total. The fourth-order valence-electron chi connectivity index (χ4n) is 2.83. The molecular weight excluding hydrogens is 282 g/mol. The van der Waals surface area contributed by atoms with E-state index in [1.807, 2.05) is 7.05 Å². The van der Waals surface area contributed by atoms with Gasteiger partial charge >= 0.3 is 0 Å². The van der Waals surface area contributed by atoms with E-state index in [-0.39, 0.29) is 0 Å². The van der Waals surface area contributed by atoms with Crippen LogP contribution in [0.3, 0.4) is 0 Å². The second-order valence-corrected chi connectivity index (χ2v) is 6.51. The van der Waals surface area contributed by atoms with Gasteiger partial charge in [0.2, 0.25) is 5.95 Å². The number of likely N-dealkylation sites (tertiary alicyclic amines) is 1. The van der Waals surface area contributed by atoms with Crippen LogP contribution in [0, 0.1) is 0 Å². The van der Waals surface area contributed by atoms with Crippen molar-refractivity contribution in [3.63, 3.8) is 0 Å². The van der Waals surface area contributed by atoms with Gasteiger partial charge in [0.15, 0.2) is 0 Å². The summed E-state index contributed by atoms with van der Waals surface area (Å²) in [6.07, 6.45) is 4.04. The number of nitrogens with one attached hydrogen (secondary N) is 2. The maximum absolute atomic E-state index is 4.56. The molecule has 1 aliphatic rings. The number of fused-ring (bicyclic) bond motifs is 1. The maximum Gasteiger partial charge on any atom is 0.225 e. The summed E-state index contributed by atoms with van der Waals surface area (Å²) in [6, 6.07) is 2.62. The molecule has 21 heavy (non-hydrogen) atoms. The molecule has 2 aromatic rings. The van der Waals surface area contributed by atoms with E-state index in [9.17, 15) is 0 Å². The van der Waals surface area contributed by atoms with Crippen LogP contribution in [0.1, 0.15) is 26.2 Å². The lowest BCUT2D eigenvalue weighted by atomic mass is 10.1. The summed E-state index contributed by atoms with van der Waals surface area (Å²) in [6.45, 7) is 5.67. The zero-order valence-corrected chi connectivity index (χ0v) is 13.5. The number of aromatic nitrogens is 2. The third-order valence-corrected chi connectivity index (χ3v) is 4.93. The third-order valence-electron chi connectivity index (χ3n) is 4.13. The van der Waals surface area contributed by atoms with E-state index in [4.69, 9.17) is 0 Å². The summed E-state index contributed by atoms with van der Waals surface area (Å²) in [7, 11) is 1.86. The lowest BCUT2D eigenvalue weighted by molar-refractivity contribution is 0.180. The topological polar surface area (TPSA) is 53.1 Å². The van der Waals surface area contributed by atoms with Crippen molar-refractivity contribution in [1.82, 2.24) is 14.9 Å². The van der Waals surface area contributed by atoms with Crippen molar-refractivity contribution in [2.24, 2.45) is 0 Å². The quantitative estimate of drug-likeness (QED) is 0.889. The summed E-state index contributed by atoms with van der Waals surface area (Å²) < 4.78 is 0. The van der Waals surface area contributed by atoms with Gasteiger partial charge < -0.3 is 10.6 Å². The number of hydrogen-bond acceptors (Lipinski definition) is 6. The monoisotopic (exact) mass is 305 g/mol. The molecule has 3 heterocycles. The molecule has 1 atom stereocenters. The highest BCUT2D eigenvalue weighted by atomic mass is 32.1. The minimum atomic E-state index is 0.534. The number of anilines is 2. The van der Waals surface area contributed by atoms with Crippen LogP contribution in [0.2, 0.25) is 0 Å². The molecular formula is C15H23N5S. The SMILES string of the molecule is CNc1nc(NCC(C)N2CCCCC2)c2ccsc2n1. The van der Waals surface area contributed by atoms with Crippen molar-refractivity contribution >= 4 is 33.3 Å². The number of nitrogens with zero attached hydrogens (tertiary/aromatic N) is 3. The Morgan fingerprint density at radius 3 is 2.86 bits per heavy atom. The Labute approximate surface area is 129 Å². The highest BCUT2D eigenvalue weighted by molar-refractivity contribution is 7.16. The Kier molecular flexibility index (Phi) is 4.55. The van der Waals surface area contributed by atoms with Crippen LogP contribution < -0.4 is 10.6 Å². The first-order chi connectivity index (χ1) is 10.3. The molecule has 5 nitrogen and oxygen atoms in total. The van der Waals surface area contributed by atoms with E-state index in [0.29, 0.717) is 12.0 Å². The highest BCUT2D eigenvalue weighted by Gasteiger charge is 2.17. The Hall–Kier alpha value is -1.40. The van der Waals surface area contributed by atoms with Crippen molar-refractivity contribution in [1.29, 1.82) is 0 Å². The van der Waals surface area contributed by atoms with Gasteiger partial charge in [-0.15, -0.1) is 11.3 Å². The molecule has 0 bridgehead atoms. The largest absolute Gasteiger partial charge is 0.368 e. The van der Waals surface area contributed by atoms with Crippen molar-refractivity contribution in [2.45, 2.75) is 32.2 Å². The second kappa shape index (κ2) is 6.58. The summed E-state index contributed by atoms with van der Waals surface area (Å²) in [4.78, 5) is 12.6. The van der Waals surface area contributed by atoms with Gasteiger partial charge in [0.25, 0.3) is 0 Å². The highest BCUT2D eigenvalue weighted by Crippen LogP contribution is 2.26. The van der Waals surface area contributed by atoms with Crippen LogP contribution in [-0.2, 0) is 0 Å². The number of hydrogen-bond donors (Lipinski definition) is 2. The van der Waals surface area contributed by atoms with E-state index in [2.05, 4.69) is 43.9 Å². The van der Waals surface area contributed by atoms with Gasteiger partial charge in [-0.1, -0.05) is 6.42 Å². The molecule has 0 spiro atoms. The Morgan fingerprint density at radius 2 is 2.10 bits per heavy atom. The van der Waals surface area contributed by atoms with Gasteiger partial charge in [-0.3, -0.25) is 4.90 Å². The van der Waals surface area contributed by atoms with Crippen molar-refractivity contribution in [2.75, 3.05) is 37.3 Å². The number of thiophene rings is 1. The molecule has 3 rings (SSSR count). The van der Waals surface area contributed by atoms with Crippen molar-refractivity contribution in [3.8, 4) is 0 Å². The first-order valence-corrected chi connectivity index (χ1v) is 8.57. The van der Waals surface area contributed by atoms with Crippen LogP contribution in [0.4, 0.5) is 11.8 Å². The van der Waals surface area contributed by atoms with Crippen LogP contribution in [0.25, 0.3) is 10.2 Å². The van der Waals surface area contributed by atoms with Gasteiger partial charge in [-0.2, -0.15) is 4.98 Å². The van der Waals surface area contributed by atoms with Gasteiger partial charge in [-0.05, 0) is 44.3 Å². The van der Waals surface area contributed by atoms with Gasteiger partial charge in [-0.25, -0.2) is 4.98 Å². The van der Waals surface area contributed by atoms with Gasteiger partial charge in [0, 0.05) is 19.6 Å². The predicted molar refractivity (Wildman–Crippen MR) is 90.3 cm³/mol. The summed E-state index contributed by atoms with van der Waals surface area (Å²) in [5.41, 5.74) is 0. The molecule has 1 unspecified atom stereocenters. The van der Waals surface area contributed by atoms with E-state index in [1.165, 1.54) is 32.4 Å². The third kappa shape index (κ3) is 3.27. The first-order valence-electron chi connectivity index (χ1n) is 7.69. The summed E-state index contributed by atoms with van der Waals surface area (Å²) in [5, 5.41) is 9.74. The average Bonchev–Trinajstić information content (AvgIpc) is 3.01. The van der Waals surface area contributed by atoms with Crippen LogP contribution in [-0.4, -0.2) is 47.6 Å². The summed E-state index contributed by atoms with van der Waals surface area (Å²) in [5.74, 6) is 1.62. The zero-order chi connectivity index (χ0) is 14.7. The molecule has 0 amide bonds. The van der Waals surface area contributed by atoms with E-state index in [0.717, 1.165) is 22.6 Å². The lowest BCUT2D eigenvalue weighted by Crippen LogP contribution is -2.41. The normalized spacial score (nSPS) is 17.8. The molecule has 114 valence electrons. The maximum atomic E-state index is 4.56. The molecule has 2 aromatic heterocycles. The zero-order valence-electron chi connectivity index (χ0n) is 12.7. The molecule has 0 aliphatic carbocycles. The smallest absolute Gasteiger partial charge is 0.225 e. The Morgan fingerprint density at radius 1 is 1.29 bits per heavy atom. The number of piperidine rings is 1. The van der Waals surface area contributed by atoms with E-state index in [1.54, 1.807) is 11.3 Å². The fraction of sp³-hybridized carbons (Fsp3) is 0.600. The average molecular weight is 305 g/mol. The van der Waals surface area contributed by atoms with E-state index >= 15 is 0 Å². The van der Waals surface area contributed by atoms with Crippen LogP contribution in [0.5, 0.6) is 0 Å². The number of rotatable bonds is 5. The Bertz CT molecular complexity index is 591. The van der Waals surface area contributed by atoms with Gasteiger partial charge in [0.1, 0.15) is 10.6 Å². The van der Waals surface area contributed by atoms with Crippen LogP contribution in [0.15, 0.2) is 11.4 Å². The fourth-order valence-corrected chi connectivity index (χ4v) is 3.60. The summed E-state index contributed by atoms with van der Waals surface area (Å²) >= 11 is 1.65. The van der Waals surface area contributed by atoms with Crippen molar-refractivity contribution in [3.05, 3.63) is 11.4 Å². The first kappa shape index (κ1) is 14.5. The van der Waals surface area contributed by atoms with E-state index < -0.39 is 0 Å². The molecule has 1 fully saturated rings. The predicted octanol–water partition coefficient (Wildman–Crippen LogP) is 3.02. The Balaban J connectivity index is 1.70.